The van der Waals surface area contributed by atoms with Crippen LogP contribution in [0.15, 0.2) is 60.0 Å². The first-order valence-electron chi connectivity index (χ1n) is 10.4. The SMILES string of the molecule is COc1ccccc1CC(C)N(Cc1ccccc1)C(=O)Cc1csc(C(C)C)n1. The van der Waals surface area contributed by atoms with Crippen LogP contribution in [0.3, 0.4) is 0 Å². The molecule has 0 aliphatic rings. The van der Waals surface area contributed by atoms with E-state index in [1.165, 1.54) is 0 Å². The molecule has 158 valence electrons. The molecule has 0 aliphatic heterocycles. The minimum Gasteiger partial charge on any atom is -0.496 e. The monoisotopic (exact) mass is 422 g/mol. The van der Waals surface area contributed by atoms with Gasteiger partial charge in [-0.05, 0) is 30.5 Å². The molecule has 1 unspecified atom stereocenters. The van der Waals surface area contributed by atoms with Crippen molar-refractivity contribution in [1.29, 1.82) is 0 Å². The zero-order chi connectivity index (χ0) is 21.5. The number of hydrogen-bond acceptors (Lipinski definition) is 4. The molecule has 3 rings (SSSR count). The molecule has 0 aliphatic carbocycles. The minimum absolute atomic E-state index is 0.0252. The summed E-state index contributed by atoms with van der Waals surface area (Å²) < 4.78 is 5.51. The van der Waals surface area contributed by atoms with Crippen molar-refractivity contribution in [3.63, 3.8) is 0 Å². The maximum Gasteiger partial charge on any atom is 0.229 e. The number of aromatic nitrogens is 1. The van der Waals surface area contributed by atoms with E-state index in [1.54, 1.807) is 18.4 Å². The van der Waals surface area contributed by atoms with Crippen molar-refractivity contribution >= 4 is 17.2 Å². The normalized spacial score (nSPS) is 12.0. The predicted molar refractivity (Wildman–Crippen MR) is 123 cm³/mol. The van der Waals surface area contributed by atoms with E-state index in [1.807, 2.05) is 46.7 Å². The highest BCUT2D eigenvalue weighted by molar-refractivity contribution is 7.09. The number of carbonyl (C=O) groups is 1. The van der Waals surface area contributed by atoms with E-state index >= 15 is 0 Å². The summed E-state index contributed by atoms with van der Waals surface area (Å²) in [5, 5.41) is 3.09. The molecule has 0 saturated carbocycles. The van der Waals surface area contributed by atoms with Crippen LogP contribution in [0.5, 0.6) is 5.75 Å². The van der Waals surface area contributed by atoms with Crippen molar-refractivity contribution in [2.45, 2.75) is 52.1 Å². The number of rotatable bonds is 9. The number of nitrogens with zero attached hydrogens (tertiary/aromatic N) is 2. The van der Waals surface area contributed by atoms with Gasteiger partial charge in [0.05, 0.1) is 24.2 Å². The average molecular weight is 423 g/mol. The Hall–Kier alpha value is -2.66. The second-order valence-corrected chi connectivity index (χ2v) is 8.77. The molecule has 30 heavy (non-hydrogen) atoms. The maximum atomic E-state index is 13.3. The Bertz CT molecular complexity index is 953. The van der Waals surface area contributed by atoms with Gasteiger partial charge < -0.3 is 9.64 Å². The predicted octanol–water partition coefficient (Wildman–Crippen LogP) is 5.48. The lowest BCUT2D eigenvalue weighted by Crippen LogP contribution is -2.40. The van der Waals surface area contributed by atoms with Gasteiger partial charge in [-0.15, -0.1) is 11.3 Å². The molecule has 0 bridgehead atoms. The van der Waals surface area contributed by atoms with Gasteiger partial charge in [-0.3, -0.25) is 4.79 Å². The fourth-order valence-corrected chi connectivity index (χ4v) is 4.33. The van der Waals surface area contributed by atoms with Gasteiger partial charge in [-0.25, -0.2) is 4.98 Å². The summed E-state index contributed by atoms with van der Waals surface area (Å²) in [4.78, 5) is 20.0. The zero-order valence-corrected chi connectivity index (χ0v) is 19.0. The lowest BCUT2D eigenvalue weighted by atomic mass is 10.0. The Kier molecular flexibility index (Phi) is 7.63. The molecule has 4 nitrogen and oxygen atoms in total. The van der Waals surface area contributed by atoms with Gasteiger partial charge in [0.15, 0.2) is 0 Å². The van der Waals surface area contributed by atoms with Gasteiger partial charge in [0.25, 0.3) is 0 Å². The fraction of sp³-hybridized carbons (Fsp3) is 0.360. The van der Waals surface area contributed by atoms with Crippen LogP contribution in [0, 0.1) is 0 Å². The van der Waals surface area contributed by atoms with Gasteiger partial charge in [0.1, 0.15) is 5.75 Å². The largest absolute Gasteiger partial charge is 0.496 e. The Morgan fingerprint density at radius 1 is 1.07 bits per heavy atom. The maximum absolute atomic E-state index is 13.3. The summed E-state index contributed by atoms with van der Waals surface area (Å²) in [5.74, 6) is 1.34. The molecule has 1 aromatic heterocycles. The van der Waals surface area contributed by atoms with Crippen LogP contribution in [-0.2, 0) is 24.2 Å². The summed E-state index contributed by atoms with van der Waals surface area (Å²) in [6.07, 6.45) is 1.06. The van der Waals surface area contributed by atoms with E-state index in [2.05, 4.69) is 44.0 Å². The Morgan fingerprint density at radius 2 is 1.77 bits per heavy atom. The number of methoxy groups -OCH3 is 1. The summed E-state index contributed by atoms with van der Waals surface area (Å²) in [5.41, 5.74) is 3.09. The summed E-state index contributed by atoms with van der Waals surface area (Å²) in [6.45, 7) is 6.94. The van der Waals surface area contributed by atoms with Crippen LogP contribution in [0.25, 0.3) is 0 Å². The molecule has 2 aromatic carbocycles. The third-order valence-corrected chi connectivity index (χ3v) is 6.35. The average Bonchev–Trinajstić information content (AvgIpc) is 3.22. The molecule has 3 aromatic rings. The number of hydrogen-bond donors (Lipinski definition) is 0. The third-order valence-electron chi connectivity index (χ3n) is 5.15. The molecular formula is C25H30N2O2S. The molecule has 0 radical (unpaired) electrons. The highest BCUT2D eigenvalue weighted by Crippen LogP contribution is 2.23. The smallest absolute Gasteiger partial charge is 0.229 e. The second kappa shape index (κ2) is 10.4. The van der Waals surface area contributed by atoms with Gasteiger partial charge in [0, 0.05) is 23.9 Å². The number of carbonyl (C=O) groups excluding carboxylic acids is 1. The van der Waals surface area contributed by atoms with Crippen molar-refractivity contribution in [3.8, 4) is 5.75 Å². The number of para-hydroxylation sites is 1. The van der Waals surface area contributed by atoms with Crippen LogP contribution in [0.4, 0.5) is 0 Å². The van der Waals surface area contributed by atoms with E-state index in [-0.39, 0.29) is 11.9 Å². The highest BCUT2D eigenvalue weighted by atomic mass is 32.1. The van der Waals surface area contributed by atoms with E-state index in [4.69, 9.17) is 4.74 Å². The fourth-order valence-electron chi connectivity index (χ4n) is 3.50. The van der Waals surface area contributed by atoms with Crippen LogP contribution >= 0.6 is 11.3 Å². The minimum atomic E-state index is 0.0252. The first-order valence-corrected chi connectivity index (χ1v) is 11.3. The van der Waals surface area contributed by atoms with E-state index in [0.29, 0.717) is 18.9 Å². The molecule has 0 fully saturated rings. The van der Waals surface area contributed by atoms with Gasteiger partial charge >= 0.3 is 0 Å². The quantitative estimate of drug-likeness (QED) is 0.459. The molecule has 1 atom stereocenters. The van der Waals surface area contributed by atoms with Crippen LogP contribution in [0.2, 0.25) is 0 Å². The Labute approximate surface area is 183 Å². The lowest BCUT2D eigenvalue weighted by Gasteiger charge is -2.30. The van der Waals surface area contributed by atoms with Crippen molar-refractivity contribution in [2.75, 3.05) is 7.11 Å². The highest BCUT2D eigenvalue weighted by Gasteiger charge is 2.23. The summed E-state index contributed by atoms with van der Waals surface area (Å²) >= 11 is 1.63. The molecule has 0 N–H and O–H groups in total. The first-order chi connectivity index (χ1) is 14.5. The van der Waals surface area contributed by atoms with Crippen molar-refractivity contribution in [1.82, 2.24) is 9.88 Å². The molecule has 0 saturated heterocycles. The van der Waals surface area contributed by atoms with Gasteiger partial charge in [-0.2, -0.15) is 0 Å². The number of amides is 1. The summed E-state index contributed by atoms with van der Waals surface area (Å²) in [7, 11) is 1.69. The molecule has 1 amide bonds. The van der Waals surface area contributed by atoms with Crippen molar-refractivity contribution < 1.29 is 9.53 Å². The standard InChI is InChI=1S/C25H30N2O2S/c1-18(2)25-26-22(17-30-25)15-24(28)27(16-20-10-6-5-7-11-20)19(3)14-21-12-8-9-13-23(21)29-4/h5-13,17-19H,14-16H2,1-4H3. The Balaban J connectivity index is 1.80. The van der Waals surface area contributed by atoms with Gasteiger partial charge in [0.2, 0.25) is 5.91 Å². The first kappa shape index (κ1) is 22.0. The van der Waals surface area contributed by atoms with Crippen LogP contribution in [-0.4, -0.2) is 28.9 Å². The number of benzene rings is 2. The molecule has 0 spiro atoms. The van der Waals surface area contributed by atoms with E-state index in [9.17, 15) is 4.79 Å². The van der Waals surface area contributed by atoms with E-state index < -0.39 is 0 Å². The second-order valence-electron chi connectivity index (χ2n) is 7.88. The zero-order valence-electron chi connectivity index (χ0n) is 18.2. The lowest BCUT2D eigenvalue weighted by molar-refractivity contribution is -0.133. The number of ether oxygens (including phenoxy) is 1. The topological polar surface area (TPSA) is 42.4 Å². The van der Waals surface area contributed by atoms with Crippen LogP contribution in [0.1, 0.15) is 48.5 Å². The van der Waals surface area contributed by atoms with Gasteiger partial charge in [-0.1, -0.05) is 62.4 Å². The number of thiazole rings is 1. The molecular weight excluding hydrogens is 392 g/mol. The summed E-state index contributed by atoms with van der Waals surface area (Å²) in [6, 6.07) is 18.2. The van der Waals surface area contributed by atoms with Crippen LogP contribution < -0.4 is 4.74 Å². The molecule has 1 heterocycles. The molecule has 5 heteroatoms. The van der Waals surface area contributed by atoms with Crippen molar-refractivity contribution in [2.24, 2.45) is 0 Å². The van der Waals surface area contributed by atoms with E-state index in [0.717, 1.165) is 34.0 Å². The third kappa shape index (κ3) is 5.70. The Morgan fingerprint density at radius 3 is 2.43 bits per heavy atom. The van der Waals surface area contributed by atoms with Crippen molar-refractivity contribution in [3.05, 3.63) is 81.8 Å².